The summed E-state index contributed by atoms with van der Waals surface area (Å²) in [6.45, 7) is 0.642. The molecule has 0 heterocycles. The van der Waals surface area contributed by atoms with Gasteiger partial charge < -0.3 is 19.5 Å². The molecule has 2 aromatic carbocycles. The van der Waals surface area contributed by atoms with Gasteiger partial charge in [-0.15, -0.1) is 0 Å². The maximum absolute atomic E-state index is 5.48. The van der Waals surface area contributed by atoms with E-state index in [0.29, 0.717) is 23.8 Å². The zero-order valence-electron chi connectivity index (χ0n) is 12.3. The summed E-state index contributed by atoms with van der Waals surface area (Å²) in [6.07, 6.45) is 0. The Morgan fingerprint density at radius 3 is 2.33 bits per heavy atom. The Bertz CT molecular complexity index is 616. The predicted molar refractivity (Wildman–Crippen MR) is 92.6 cm³/mol. The zero-order valence-corrected chi connectivity index (χ0v) is 14.4. The lowest BCUT2D eigenvalue weighted by Crippen LogP contribution is -2.04. The molecular weight excluding hydrogens is 381 g/mol. The van der Waals surface area contributed by atoms with Gasteiger partial charge in [0.25, 0.3) is 0 Å². The molecule has 0 aliphatic carbocycles. The van der Waals surface area contributed by atoms with E-state index in [2.05, 4.69) is 40.0 Å². The molecule has 0 aromatic heterocycles. The maximum Gasteiger partial charge on any atom is 0.203 e. The first kappa shape index (κ1) is 15.8. The first-order valence-corrected chi connectivity index (χ1v) is 7.54. The highest BCUT2D eigenvalue weighted by molar-refractivity contribution is 14.1. The standard InChI is InChI=1S/C16H18INO3/c1-19-14-8-7-11(15(20-2)16(14)21-3)10-18-13-6-4-5-12(17)9-13/h4-9,18H,10H2,1-3H3. The van der Waals surface area contributed by atoms with Crippen molar-refractivity contribution in [2.75, 3.05) is 26.6 Å². The van der Waals surface area contributed by atoms with E-state index in [9.17, 15) is 0 Å². The van der Waals surface area contributed by atoms with Crippen LogP contribution in [0.15, 0.2) is 36.4 Å². The van der Waals surface area contributed by atoms with Crippen LogP contribution in [0, 0.1) is 3.57 Å². The van der Waals surface area contributed by atoms with Gasteiger partial charge in [0.15, 0.2) is 11.5 Å². The summed E-state index contributed by atoms with van der Waals surface area (Å²) < 4.78 is 17.3. The van der Waals surface area contributed by atoms with E-state index >= 15 is 0 Å². The molecule has 5 heteroatoms. The van der Waals surface area contributed by atoms with Crippen LogP contribution < -0.4 is 19.5 Å². The van der Waals surface area contributed by atoms with Gasteiger partial charge in [-0.3, -0.25) is 0 Å². The van der Waals surface area contributed by atoms with Gasteiger partial charge in [0, 0.05) is 21.4 Å². The monoisotopic (exact) mass is 399 g/mol. The molecule has 0 saturated carbocycles. The lowest BCUT2D eigenvalue weighted by Gasteiger charge is -2.16. The van der Waals surface area contributed by atoms with Gasteiger partial charge in [0.1, 0.15) is 0 Å². The van der Waals surface area contributed by atoms with E-state index in [4.69, 9.17) is 14.2 Å². The van der Waals surface area contributed by atoms with Gasteiger partial charge in [0.2, 0.25) is 5.75 Å². The highest BCUT2D eigenvalue weighted by Gasteiger charge is 2.15. The van der Waals surface area contributed by atoms with Crippen molar-refractivity contribution in [3.8, 4) is 17.2 Å². The number of halogens is 1. The molecule has 0 amide bonds. The van der Waals surface area contributed by atoms with Crippen molar-refractivity contribution in [2.24, 2.45) is 0 Å². The average Bonchev–Trinajstić information content (AvgIpc) is 2.51. The number of methoxy groups -OCH3 is 3. The van der Waals surface area contributed by atoms with Crippen LogP contribution in [0.5, 0.6) is 17.2 Å². The summed E-state index contributed by atoms with van der Waals surface area (Å²) in [6, 6.07) is 12.1. The summed E-state index contributed by atoms with van der Waals surface area (Å²) in [7, 11) is 4.85. The van der Waals surface area contributed by atoms with Crippen LogP contribution in [0.4, 0.5) is 5.69 Å². The Morgan fingerprint density at radius 1 is 0.952 bits per heavy atom. The van der Waals surface area contributed by atoms with E-state index in [0.717, 1.165) is 11.3 Å². The third-order valence-corrected chi connectivity index (χ3v) is 3.76. The molecule has 0 aliphatic heterocycles. The molecule has 4 nitrogen and oxygen atoms in total. The molecule has 0 bridgehead atoms. The van der Waals surface area contributed by atoms with Crippen molar-refractivity contribution in [2.45, 2.75) is 6.54 Å². The molecule has 0 spiro atoms. The predicted octanol–water partition coefficient (Wildman–Crippen LogP) is 3.93. The second-order valence-electron chi connectivity index (χ2n) is 4.36. The highest BCUT2D eigenvalue weighted by Crippen LogP contribution is 2.39. The van der Waals surface area contributed by atoms with Crippen LogP contribution >= 0.6 is 22.6 Å². The Morgan fingerprint density at radius 2 is 1.71 bits per heavy atom. The van der Waals surface area contributed by atoms with Crippen LogP contribution in [0.25, 0.3) is 0 Å². The van der Waals surface area contributed by atoms with Gasteiger partial charge in [-0.05, 0) is 52.9 Å². The molecule has 0 aliphatic rings. The summed E-state index contributed by atoms with van der Waals surface area (Å²) in [4.78, 5) is 0. The average molecular weight is 399 g/mol. The molecule has 0 unspecified atom stereocenters. The van der Waals surface area contributed by atoms with E-state index in [1.807, 2.05) is 24.3 Å². The molecule has 112 valence electrons. The molecule has 0 atom stereocenters. The lowest BCUT2D eigenvalue weighted by atomic mass is 10.1. The maximum atomic E-state index is 5.48. The summed E-state index contributed by atoms with van der Waals surface area (Å²) in [5.74, 6) is 1.96. The van der Waals surface area contributed by atoms with Crippen molar-refractivity contribution in [1.82, 2.24) is 0 Å². The van der Waals surface area contributed by atoms with Gasteiger partial charge >= 0.3 is 0 Å². The number of hydrogen-bond donors (Lipinski definition) is 1. The number of nitrogens with one attached hydrogen (secondary N) is 1. The lowest BCUT2D eigenvalue weighted by molar-refractivity contribution is 0.322. The Kier molecular flexibility index (Phi) is 5.55. The van der Waals surface area contributed by atoms with Crippen LogP contribution in [-0.2, 0) is 6.54 Å². The van der Waals surface area contributed by atoms with Crippen LogP contribution in [0.3, 0.4) is 0 Å². The second kappa shape index (κ2) is 7.40. The van der Waals surface area contributed by atoms with Crippen LogP contribution in [0.1, 0.15) is 5.56 Å². The number of hydrogen-bond acceptors (Lipinski definition) is 4. The molecule has 1 N–H and O–H groups in total. The minimum absolute atomic E-state index is 0.613. The molecule has 0 saturated heterocycles. The number of rotatable bonds is 6. The van der Waals surface area contributed by atoms with Gasteiger partial charge in [-0.1, -0.05) is 6.07 Å². The Labute approximate surface area is 138 Å². The molecular formula is C16H18INO3. The minimum atomic E-state index is 0.613. The van der Waals surface area contributed by atoms with Gasteiger partial charge in [0.05, 0.1) is 21.3 Å². The van der Waals surface area contributed by atoms with E-state index < -0.39 is 0 Å². The first-order chi connectivity index (χ1) is 10.2. The van der Waals surface area contributed by atoms with E-state index in [1.165, 1.54) is 3.57 Å². The zero-order chi connectivity index (χ0) is 15.2. The summed E-state index contributed by atoms with van der Waals surface area (Å²) >= 11 is 2.29. The first-order valence-electron chi connectivity index (χ1n) is 6.47. The van der Waals surface area contributed by atoms with Gasteiger partial charge in [-0.2, -0.15) is 0 Å². The summed E-state index contributed by atoms with van der Waals surface area (Å²) in [5.41, 5.74) is 2.08. The van der Waals surface area contributed by atoms with E-state index in [1.54, 1.807) is 21.3 Å². The minimum Gasteiger partial charge on any atom is -0.493 e. The smallest absolute Gasteiger partial charge is 0.203 e. The fraction of sp³-hybridized carbons (Fsp3) is 0.250. The van der Waals surface area contributed by atoms with Crippen molar-refractivity contribution >= 4 is 28.3 Å². The normalized spacial score (nSPS) is 10.1. The molecule has 2 aromatic rings. The van der Waals surface area contributed by atoms with Crippen molar-refractivity contribution in [1.29, 1.82) is 0 Å². The van der Waals surface area contributed by atoms with Crippen LogP contribution in [-0.4, -0.2) is 21.3 Å². The van der Waals surface area contributed by atoms with E-state index in [-0.39, 0.29) is 0 Å². The third-order valence-electron chi connectivity index (χ3n) is 3.09. The van der Waals surface area contributed by atoms with Crippen molar-refractivity contribution in [3.05, 3.63) is 45.5 Å². The number of ether oxygens (including phenoxy) is 3. The molecule has 0 fully saturated rings. The number of anilines is 1. The van der Waals surface area contributed by atoms with Crippen molar-refractivity contribution < 1.29 is 14.2 Å². The molecule has 0 radical (unpaired) electrons. The molecule has 2 rings (SSSR count). The highest BCUT2D eigenvalue weighted by atomic mass is 127. The topological polar surface area (TPSA) is 39.7 Å². The fourth-order valence-corrected chi connectivity index (χ4v) is 2.64. The Balaban J connectivity index is 2.23. The van der Waals surface area contributed by atoms with Crippen molar-refractivity contribution in [3.63, 3.8) is 0 Å². The fourth-order valence-electron chi connectivity index (χ4n) is 2.10. The summed E-state index contributed by atoms with van der Waals surface area (Å²) in [5, 5.41) is 3.38. The van der Waals surface area contributed by atoms with Gasteiger partial charge in [-0.25, -0.2) is 0 Å². The SMILES string of the molecule is COc1ccc(CNc2cccc(I)c2)c(OC)c1OC. The third kappa shape index (κ3) is 3.72. The largest absolute Gasteiger partial charge is 0.493 e. The number of benzene rings is 2. The Hall–Kier alpha value is -1.63. The van der Waals surface area contributed by atoms with Crippen LogP contribution in [0.2, 0.25) is 0 Å². The quantitative estimate of drug-likeness (QED) is 0.748. The molecule has 21 heavy (non-hydrogen) atoms. The second-order valence-corrected chi connectivity index (χ2v) is 5.60.